The van der Waals surface area contributed by atoms with Crippen LogP contribution >= 0.6 is 20.7 Å². The van der Waals surface area contributed by atoms with Crippen molar-refractivity contribution >= 4 is 36.5 Å². The Balaban J connectivity index is 1.45. The molecule has 2 bridgehead atoms. The van der Waals surface area contributed by atoms with Gasteiger partial charge in [0.05, 0.1) is 17.1 Å². The predicted octanol–water partition coefficient (Wildman–Crippen LogP) is 3.10. The van der Waals surface area contributed by atoms with Crippen LogP contribution in [0.15, 0.2) is 43.6 Å². The summed E-state index contributed by atoms with van der Waals surface area (Å²) in [4.78, 5) is 11.9. The summed E-state index contributed by atoms with van der Waals surface area (Å²) in [6, 6.07) is 7.35. The molecule has 1 aromatic heterocycles. The van der Waals surface area contributed by atoms with E-state index in [-0.39, 0.29) is 10.8 Å². The number of nitrogens with zero attached hydrogens (tertiary/aromatic N) is 5. The Hall–Kier alpha value is -1.67. The minimum absolute atomic E-state index is 0.135. The molecule has 110 valence electrons. The van der Waals surface area contributed by atoms with Gasteiger partial charge in [0.25, 0.3) is 4.74 Å². The normalized spacial score (nSPS) is 40.3. The lowest BCUT2D eigenvalue weighted by molar-refractivity contribution is 0.242. The number of rotatable bonds is 1. The summed E-state index contributed by atoms with van der Waals surface area (Å²) in [6.07, 6.45) is 1.16. The molecule has 4 aliphatic rings. The average molecular weight is 329 g/mol. The first-order valence-electron chi connectivity index (χ1n) is 7.44. The van der Waals surface area contributed by atoms with Crippen molar-refractivity contribution < 1.29 is 0 Å². The molecule has 6 rings (SSSR count). The van der Waals surface area contributed by atoms with Gasteiger partial charge in [-0.25, -0.2) is 5.01 Å². The van der Waals surface area contributed by atoms with E-state index in [2.05, 4.69) is 26.6 Å². The van der Waals surface area contributed by atoms with Crippen LogP contribution in [0.2, 0.25) is 0 Å². The fourth-order valence-electron chi connectivity index (χ4n) is 4.58. The number of azo groups is 1. The molecular weight excluding hydrogens is 318 g/mol. The van der Waals surface area contributed by atoms with E-state index >= 15 is 0 Å². The number of benzene rings is 1. The topological polar surface area (TPSA) is 69.8 Å². The first-order valence-corrected chi connectivity index (χ1v) is 9.59. The zero-order valence-electron chi connectivity index (χ0n) is 11.4. The third-order valence-electron chi connectivity index (χ3n) is 5.55. The zero-order chi connectivity index (χ0) is 14.4. The van der Waals surface area contributed by atoms with Crippen molar-refractivity contribution in [2.24, 2.45) is 32.4 Å². The van der Waals surface area contributed by atoms with Crippen molar-refractivity contribution in [1.82, 2.24) is 0 Å². The second-order valence-corrected chi connectivity index (χ2v) is 8.58. The van der Waals surface area contributed by atoms with E-state index in [9.17, 15) is 4.79 Å². The summed E-state index contributed by atoms with van der Waals surface area (Å²) in [5, 5.41) is 20.4. The Morgan fingerprint density at radius 3 is 2.77 bits per heavy atom. The molecule has 8 heteroatoms. The average Bonchev–Trinajstić information content (AvgIpc) is 3.19. The summed E-state index contributed by atoms with van der Waals surface area (Å²) in [7, 11) is 2.83. The minimum atomic E-state index is 0.135. The number of fused-ring (bicyclic) bond motifs is 9. The van der Waals surface area contributed by atoms with E-state index in [1.165, 1.54) is 20.7 Å². The maximum absolute atomic E-state index is 11.9. The predicted molar refractivity (Wildman–Crippen MR) is 84.9 cm³/mol. The van der Waals surface area contributed by atoms with Crippen LogP contribution in [0.4, 0.5) is 5.69 Å². The molecule has 0 saturated heterocycles. The maximum atomic E-state index is 11.9. The van der Waals surface area contributed by atoms with Crippen LogP contribution in [-0.4, -0.2) is 24.2 Å². The van der Waals surface area contributed by atoms with Crippen LogP contribution in [0, 0.1) is 11.8 Å². The van der Waals surface area contributed by atoms with E-state index < -0.39 is 0 Å². The number of hydrogen-bond acceptors (Lipinski definition) is 8. The van der Waals surface area contributed by atoms with Crippen LogP contribution < -0.4 is 9.75 Å². The molecule has 2 saturated carbocycles. The molecule has 2 aliphatic heterocycles. The van der Waals surface area contributed by atoms with Gasteiger partial charge in [0.15, 0.2) is 0 Å². The quantitative estimate of drug-likeness (QED) is 0.754. The van der Waals surface area contributed by atoms with Crippen molar-refractivity contribution in [3.8, 4) is 0 Å². The second-order valence-electron chi connectivity index (χ2n) is 6.44. The highest BCUT2D eigenvalue weighted by Crippen LogP contribution is 2.56. The van der Waals surface area contributed by atoms with E-state index in [4.69, 9.17) is 0 Å². The minimum Gasteiger partial charge on any atom is -0.276 e. The van der Waals surface area contributed by atoms with Crippen LogP contribution in [0.5, 0.6) is 0 Å². The van der Waals surface area contributed by atoms with Crippen molar-refractivity contribution in [2.45, 2.75) is 30.6 Å². The zero-order valence-corrected chi connectivity index (χ0v) is 13.0. The highest BCUT2D eigenvalue weighted by Gasteiger charge is 2.65. The highest BCUT2D eigenvalue weighted by molar-refractivity contribution is 7.71. The van der Waals surface area contributed by atoms with Crippen molar-refractivity contribution in [3.63, 3.8) is 0 Å². The fourth-order valence-corrected chi connectivity index (χ4v) is 6.64. The second kappa shape index (κ2) is 3.80. The van der Waals surface area contributed by atoms with E-state index in [1.54, 1.807) is 0 Å². The Kier molecular flexibility index (Phi) is 2.05. The third kappa shape index (κ3) is 1.25. The van der Waals surface area contributed by atoms with E-state index in [0.717, 1.165) is 22.2 Å². The van der Waals surface area contributed by atoms with Gasteiger partial charge in [-0.05, 0) is 35.0 Å². The summed E-state index contributed by atoms with van der Waals surface area (Å²) < 4.78 is 1.18. The lowest BCUT2D eigenvalue weighted by atomic mass is 9.82. The van der Waals surface area contributed by atoms with Gasteiger partial charge < -0.3 is 0 Å². The lowest BCUT2D eigenvalue weighted by Gasteiger charge is -2.38. The molecule has 22 heavy (non-hydrogen) atoms. The molecule has 2 fully saturated rings. The molecule has 0 N–H and O–H groups in total. The molecule has 0 amide bonds. The van der Waals surface area contributed by atoms with Gasteiger partial charge in [-0.2, -0.15) is 15.3 Å². The van der Waals surface area contributed by atoms with Gasteiger partial charge in [0, 0.05) is 16.5 Å². The third-order valence-corrected chi connectivity index (χ3v) is 7.78. The van der Waals surface area contributed by atoms with Crippen molar-refractivity contribution in [3.05, 3.63) is 27.7 Å². The lowest BCUT2D eigenvalue weighted by Crippen LogP contribution is -2.52. The molecule has 1 aromatic carbocycles. The summed E-state index contributed by atoms with van der Waals surface area (Å²) >= 11 is 0. The SMILES string of the molecule is O=c1ssc2ccc(N3N=N[C@H]4[C@H]5C[C@H]([C@@H]6N=N[C@H]56)[C@H]43)cc12. The van der Waals surface area contributed by atoms with E-state index in [1.807, 2.05) is 17.1 Å². The first kappa shape index (κ1) is 11.8. The van der Waals surface area contributed by atoms with Crippen LogP contribution in [0.1, 0.15) is 6.42 Å². The molecule has 0 spiro atoms. The molecule has 6 atom stereocenters. The van der Waals surface area contributed by atoms with Gasteiger partial charge in [-0.3, -0.25) is 4.79 Å². The van der Waals surface area contributed by atoms with Crippen LogP contribution in [0.25, 0.3) is 10.1 Å². The summed E-state index contributed by atoms with van der Waals surface area (Å²) in [6.45, 7) is 0. The summed E-state index contributed by atoms with van der Waals surface area (Å²) in [5.74, 6) is 1.01. The fraction of sp³-hybridized carbons (Fsp3) is 0.500. The highest BCUT2D eigenvalue weighted by atomic mass is 32.9. The smallest absolute Gasteiger partial charge is 0.250 e. The molecule has 3 heterocycles. The molecule has 0 radical (unpaired) electrons. The monoisotopic (exact) mass is 329 g/mol. The van der Waals surface area contributed by atoms with Gasteiger partial charge in [0.2, 0.25) is 0 Å². The Morgan fingerprint density at radius 2 is 1.91 bits per heavy atom. The van der Waals surface area contributed by atoms with Gasteiger partial charge in [0.1, 0.15) is 18.1 Å². The van der Waals surface area contributed by atoms with Gasteiger partial charge >= 0.3 is 0 Å². The van der Waals surface area contributed by atoms with Gasteiger partial charge in [-0.15, -0.1) is 0 Å². The van der Waals surface area contributed by atoms with Gasteiger partial charge in [-0.1, -0.05) is 15.6 Å². The molecule has 6 nitrogen and oxygen atoms in total. The number of hydrogen-bond donors (Lipinski definition) is 0. The molecular formula is C14H11N5OS2. The largest absolute Gasteiger partial charge is 0.276 e. The van der Waals surface area contributed by atoms with E-state index in [0.29, 0.717) is 30.0 Å². The van der Waals surface area contributed by atoms with Crippen LogP contribution in [-0.2, 0) is 0 Å². The summed E-state index contributed by atoms with van der Waals surface area (Å²) in [5.41, 5.74) is 0.979. The van der Waals surface area contributed by atoms with Crippen molar-refractivity contribution in [1.29, 1.82) is 0 Å². The molecule has 0 unspecified atom stereocenters. The Morgan fingerprint density at radius 1 is 1.05 bits per heavy atom. The first-order chi connectivity index (χ1) is 10.8. The van der Waals surface area contributed by atoms with Crippen LogP contribution in [0.3, 0.4) is 0 Å². The van der Waals surface area contributed by atoms with Crippen molar-refractivity contribution in [2.75, 3.05) is 5.01 Å². The Bertz CT molecular complexity index is 917. The Labute approximate surface area is 132 Å². The maximum Gasteiger partial charge on any atom is 0.250 e. The molecule has 2 aliphatic carbocycles. The standard InChI is InChI=1S/C14H11N5OS2/c20-14-6-3-5(1-2-9(6)21-22-14)19-13-8-4-7(12(13)17-18-19)10-11(8)16-15-10/h1-3,7-8,10-13H,4H2/t7-,8+,10+,11-,12-,13+/m0/s1. The number of anilines is 1. The molecule has 2 aromatic rings.